The fourth-order valence-electron chi connectivity index (χ4n) is 2.04. The SMILES string of the molecule is C=C(C)C(CC)=C(C)N1C(=N)SCC1C. The van der Waals surface area contributed by atoms with Gasteiger partial charge in [-0.1, -0.05) is 30.8 Å². The first-order valence-corrected chi connectivity index (χ1v) is 6.33. The van der Waals surface area contributed by atoms with E-state index in [4.69, 9.17) is 5.41 Å². The van der Waals surface area contributed by atoms with Crippen LogP contribution in [0, 0.1) is 5.41 Å². The molecular weight excluding hydrogens is 204 g/mol. The van der Waals surface area contributed by atoms with Crippen molar-refractivity contribution in [3.63, 3.8) is 0 Å². The van der Waals surface area contributed by atoms with E-state index >= 15 is 0 Å². The van der Waals surface area contributed by atoms with Crippen molar-refractivity contribution in [3.05, 3.63) is 23.4 Å². The van der Waals surface area contributed by atoms with Crippen LogP contribution in [0.1, 0.15) is 34.1 Å². The maximum absolute atomic E-state index is 7.90. The minimum absolute atomic E-state index is 0.434. The molecule has 1 aliphatic heterocycles. The summed E-state index contributed by atoms with van der Waals surface area (Å²) in [6, 6.07) is 0.434. The molecule has 1 rings (SSSR count). The highest BCUT2D eigenvalue weighted by molar-refractivity contribution is 8.14. The Kier molecular flexibility index (Phi) is 4.03. The van der Waals surface area contributed by atoms with Crippen LogP contribution >= 0.6 is 11.8 Å². The zero-order chi connectivity index (χ0) is 11.6. The number of allylic oxidation sites excluding steroid dienone is 3. The first-order chi connectivity index (χ1) is 6.99. The molecule has 1 atom stereocenters. The monoisotopic (exact) mass is 224 g/mol. The highest BCUT2D eigenvalue weighted by atomic mass is 32.2. The highest BCUT2D eigenvalue weighted by Crippen LogP contribution is 2.30. The molecule has 1 unspecified atom stereocenters. The molecule has 1 aliphatic rings. The minimum Gasteiger partial charge on any atom is -0.322 e. The van der Waals surface area contributed by atoms with Gasteiger partial charge in [-0.05, 0) is 32.8 Å². The summed E-state index contributed by atoms with van der Waals surface area (Å²) in [6.07, 6.45) is 0.988. The van der Waals surface area contributed by atoms with E-state index in [9.17, 15) is 0 Å². The Hall–Kier alpha value is -0.700. The van der Waals surface area contributed by atoms with E-state index in [2.05, 4.69) is 32.3 Å². The van der Waals surface area contributed by atoms with Gasteiger partial charge >= 0.3 is 0 Å². The van der Waals surface area contributed by atoms with Crippen molar-refractivity contribution in [1.29, 1.82) is 5.41 Å². The van der Waals surface area contributed by atoms with E-state index < -0.39 is 0 Å². The molecule has 0 radical (unpaired) electrons. The van der Waals surface area contributed by atoms with Crippen LogP contribution in [0.3, 0.4) is 0 Å². The molecular formula is C12H20N2S. The number of rotatable bonds is 3. The van der Waals surface area contributed by atoms with Gasteiger partial charge in [0.2, 0.25) is 0 Å². The zero-order valence-corrected chi connectivity index (χ0v) is 10.9. The van der Waals surface area contributed by atoms with E-state index in [0.717, 1.165) is 17.7 Å². The fraction of sp³-hybridized carbons (Fsp3) is 0.583. The number of thioether (sulfide) groups is 1. The molecule has 1 N–H and O–H groups in total. The van der Waals surface area contributed by atoms with Crippen molar-refractivity contribution in [3.8, 4) is 0 Å². The predicted molar refractivity (Wildman–Crippen MR) is 69.3 cm³/mol. The molecule has 0 aromatic carbocycles. The van der Waals surface area contributed by atoms with Crippen molar-refractivity contribution in [2.24, 2.45) is 0 Å². The number of nitrogens with zero attached hydrogens (tertiary/aromatic N) is 1. The fourth-order valence-corrected chi connectivity index (χ4v) is 3.04. The van der Waals surface area contributed by atoms with E-state index in [1.807, 2.05) is 6.92 Å². The Balaban J connectivity index is 3.04. The molecule has 15 heavy (non-hydrogen) atoms. The summed E-state index contributed by atoms with van der Waals surface area (Å²) in [5.41, 5.74) is 3.61. The van der Waals surface area contributed by atoms with Gasteiger partial charge in [-0.3, -0.25) is 5.41 Å². The summed E-state index contributed by atoms with van der Waals surface area (Å²) in [6.45, 7) is 12.5. The molecule has 1 heterocycles. The molecule has 0 spiro atoms. The third-order valence-corrected chi connectivity index (χ3v) is 3.91. The molecule has 3 heteroatoms. The zero-order valence-electron chi connectivity index (χ0n) is 10.1. The first-order valence-electron chi connectivity index (χ1n) is 5.35. The summed E-state index contributed by atoms with van der Waals surface area (Å²) >= 11 is 1.63. The van der Waals surface area contributed by atoms with Gasteiger partial charge in [-0.2, -0.15) is 0 Å². The maximum Gasteiger partial charge on any atom is 0.160 e. The largest absolute Gasteiger partial charge is 0.322 e. The van der Waals surface area contributed by atoms with Crippen molar-refractivity contribution in [2.45, 2.75) is 40.2 Å². The van der Waals surface area contributed by atoms with Gasteiger partial charge in [0, 0.05) is 17.5 Å². The molecule has 1 saturated heterocycles. The van der Waals surface area contributed by atoms with Crippen molar-refractivity contribution in [1.82, 2.24) is 4.90 Å². The lowest BCUT2D eigenvalue weighted by molar-refractivity contribution is 0.443. The van der Waals surface area contributed by atoms with Crippen LogP contribution in [0.5, 0.6) is 0 Å². The number of amidine groups is 1. The van der Waals surface area contributed by atoms with E-state index in [-0.39, 0.29) is 0 Å². The number of hydrogen-bond acceptors (Lipinski definition) is 2. The standard InChI is InChI=1S/C12H20N2S/c1-6-11(8(2)3)10(5)14-9(4)7-15-12(14)13/h9,13H,2,6-7H2,1,3-5H3. The van der Waals surface area contributed by atoms with Crippen LogP contribution in [-0.4, -0.2) is 21.9 Å². The molecule has 2 nitrogen and oxygen atoms in total. The molecule has 84 valence electrons. The predicted octanol–water partition coefficient (Wildman–Crippen LogP) is 3.62. The number of nitrogens with one attached hydrogen (secondary N) is 1. The third-order valence-electron chi connectivity index (χ3n) is 2.79. The molecule has 0 aromatic rings. The molecule has 0 bridgehead atoms. The van der Waals surface area contributed by atoms with E-state index in [0.29, 0.717) is 11.2 Å². The van der Waals surface area contributed by atoms with Crippen LogP contribution in [0.2, 0.25) is 0 Å². The van der Waals surface area contributed by atoms with Crippen LogP contribution < -0.4 is 0 Å². The average molecular weight is 224 g/mol. The van der Waals surface area contributed by atoms with E-state index in [1.54, 1.807) is 11.8 Å². The molecule has 0 aliphatic carbocycles. The Labute approximate surface area is 96.9 Å². The molecule has 0 amide bonds. The maximum atomic E-state index is 7.90. The van der Waals surface area contributed by atoms with Crippen LogP contribution in [-0.2, 0) is 0 Å². The molecule has 1 fully saturated rings. The average Bonchev–Trinajstić information content (AvgIpc) is 2.46. The second kappa shape index (κ2) is 4.88. The summed E-state index contributed by atoms with van der Waals surface area (Å²) in [5, 5.41) is 8.57. The molecule has 0 saturated carbocycles. The number of hydrogen-bond donors (Lipinski definition) is 1. The Morgan fingerprint density at radius 1 is 1.60 bits per heavy atom. The van der Waals surface area contributed by atoms with Crippen LogP contribution in [0.15, 0.2) is 23.4 Å². The normalized spacial score (nSPS) is 23.1. The smallest absolute Gasteiger partial charge is 0.160 e. The van der Waals surface area contributed by atoms with Crippen LogP contribution in [0.25, 0.3) is 0 Å². The summed E-state index contributed by atoms with van der Waals surface area (Å²) in [5.74, 6) is 1.02. The van der Waals surface area contributed by atoms with Gasteiger partial charge < -0.3 is 4.90 Å². The van der Waals surface area contributed by atoms with Crippen molar-refractivity contribution >= 4 is 16.9 Å². The lowest BCUT2D eigenvalue weighted by Gasteiger charge is -2.26. The highest BCUT2D eigenvalue weighted by Gasteiger charge is 2.27. The topological polar surface area (TPSA) is 27.1 Å². The summed E-state index contributed by atoms with van der Waals surface area (Å²) < 4.78 is 0. The second-order valence-electron chi connectivity index (χ2n) is 4.03. The Morgan fingerprint density at radius 2 is 2.20 bits per heavy atom. The van der Waals surface area contributed by atoms with Crippen LogP contribution in [0.4, 0.5) is 0 Å². The van der Waals surface area contributed by atoms with Gasteiger partial charge in [-0.15, -0.1) is 0 Å². The van der Waals surface area contributed by atoms with Gasteiger partial charge in [0.15, 0.2) is 5.17 Å². The van der Waals surface area contributed by atoms with Gasteiger partial charge in [0.1, 0.15) is 0 Å². The first kappa shape index (κ1) is 12.4. The minimum atomic E-state index is 0.434. The Bertz CT molecular complexity index is 318. The Morgan fingerprint density at radius 3 is 2.53 bits per heavy atom. The summed E-state index contributed by atoms with van der Waals surface area (Å²) in [4.78, 5) is 2.12. The van der Waals surface area contributed by atoms with Crippen molar-refractivity contribution in [2.75, 3.05) is 5.75 Å². The van der Waals surface area contributed by atoms with Gasteiger partial charge in [0.05, 0.1) is 0 Å². The third kappa shape index (κ3) is 2.46. The quantitative estimate of drug-likeness (QED) is 0.741. The second-order valence-corrected chi connectivity index (χ2v) is 5.04. The molecule has 0 aromatic heterocycles. The lowest BCUT2D eigenvalue weighted by Crippen LogP contribution is -2.30. The summed E-state index contributed by atoms with van der Waals surface area (Å²) in [7, 11) is 0. The van der Waals surface area contributed by atoms with Gasteiger partial charge in [-0.25, -0.2) is 0 Å². The lowest BCUT2D eigenvalue weighted by atomic mass is 10.0. The van der Waals surface area contributed by atoms with Crippen molar-refractivity contribution < 1.29 is 0 Å². The van der Waals surface area contributed by atoms with E-state index in [1.165, 1.54) is 11.3 Å². The van der Waals surface area contributed by atoms with Gasteiger partial charge in [0.25, 0.3) is 0 Å².